The first-order valence-corrected chi connectivity index (χ1v) is 10.5. The second-order valence-corrected chi connectivity index (χ2v) is 8.51. The lowest BCUT2D eigenvalue weighted by molar-refractivity contribution is 0.0792. The Morgan fingerprint density at radius 3 is 2.37 bits per heavy atom. The fourth-order valence-corrected chi connectivity index (χ4v) is 4.09. The quantitative estimate of drug-likeness (QED) is 0.822. The van der Waals surface area contributed by atoms with Crippen LogP contribution in [0.3, 0.4) is 0 Å². The molecule has 0 unspecified atom stereocenters. The number of rotatable bonds is 6. The fourth-order valence-electron chi connectivity index (χ4n) is 2.99. The molecule has 1 aliphatic heterocycles. The number of ether oxygens (including phenoxy) is 1. The number of nitrogens with zero attached hydrogens (tertiary/aromatic N) is 1. The van der Waals surface area contributed by atoms with Crippen LogP contribution in [0.15, 0.2) is 53.4 Å². The number of hydrogen-bond donors (Lipinski definition) is 1. The number of nitrogens with one attached hydrogen (secondary N) is 1. The molecule has 3 rings (SSSR count). The van der Waals surface area contributed by atoms with Gasteiger partial charge in [0, 0.05) is 24.3 Å². The first-order chi connectivity index (χ1) is 12.8. The van der Waals surface area contributed by atoms with Crippen LogP contribution in [-0.4, -0.2) is 38.4 Å². The third-order valence-corrected chi connectivity index (χ3v) is 5.64. The number of sulfonamides is 1. The summed E-state index contributed by atoms with van der Waals surface area (Å²) in [6.07, 6.45) is 2.02. The minimum absolute atomic E-state index is 0.0448. The van der Waals surface area contributed by atoms with Crippen molar-refractivity contribution in [3.8, 4) is 5.75 Å². The molecule has 1 saturated heterocycles. The monoisotopic (exact) mass is 388 g/mol. The molecule has 2 aromatic rings. The summed E-state index contributed by atoms with van der Waals surface area (Å²) in [4.78, 5) is 14.3. The average Bonchev–Trinajstić information content (AvgIpc) is 3.17. The van der Waals surface area contributed by atoms with E-state index in [4.69, 9.17) is 4.74 Å². The highest BCUT2D eigenvalue weighted by molar-refractivity contribution is 7.92. The van der Waals surface area contributed by atoms with Crippen molar-refractivity contribution in [1.29, 1.82) is 0 Å². The molecule has 0 spiro atoms. The third-order valence-electron chi connectivity index (χ3n) is 4.26. The lowest BCUT2D eigenvalue weighted by atomic mass is 10.2. The molecule has 1 fully saturated rings. The lowest BCUT2D eigenvalue weighted by Crippen LogP contribution is -2.27. The van der Waals surface area contributed by atoms with Crippen molar-refractivity contribution in [2.45, 2.75) is 37.7 Å². The molecule has 7 heteroatoms. The molecule has 1 heterocycles. The summed E-state index contributed by atoms with van der Waals surface area (Å²) in [6, 6.07) is 12.9. The third kappa shape index (κ3) is 4.80. The zero-order valence-electron chi connectivity index (χ0n) is 15.5. The number of anilines is 1. The number of carbonyl (C=O) groups excluding carboxylic acids is 1. The zero-order valence-corrected chi connectivity index (χ0v) is 16.3. The Morgan fingerprint density at radius 1 is 1.07 bits per heavy atom. The summed E-state index contributed by atoms with van der Waals surface area (Å²) >= 11 is 0. The van der Waals surface area contributed by atoms with Gasteiger partial charge in [0.05, 0.1) is 11.0 Å². The van der Waals surface area contributed by atoms with Crippen molar-refractivity contribution in [2.24, 2.45) is 0 Å². The molecule has 0 saturated carbocycles. The summed E-state index contributed by atoms with van der Waals surface area (Å²) in [7, 11) is -3.79. The molecule has 0 aromatic heterocycles. The van der Waals surface area contributed by atoms with Crippen LogP contribution in [0.2, 0.25) is 0 Å². The van der Waals surface area contributed by atoms with E-state index in [2.05, 4.69) is 4.72 Å². The standard InChI is InChI=1S/C20H24N2O4S/c1-15(2)26-18-10-8-17(9-11-18)21-27(24,25)19-7-5-6-16(14-19)20(23)22-12-3-4-13-22/h5-11,14-15,21H,3-4,12-13H2,1-2H3. The first-order valence-electron chi connectivity index (χ1n) is 9.04. The van der Waals surface area contributed by atoms with Gasteiger partial charge in [-0.05, 0) is 69.2 Å². The van der Waals surface area contributed by atoms with E-state index in [1.165, 1.54) is 12.1 Å². The SMILES string of the molecule is CC(C)Oc1ccc(NS(=O)(=O)c2cccc(C(=O)N3CCCC3)c2)cc1. The van der Waals surface area contributed by atoms with Gasteiger partial charge in [0.1, 0.15) is 5.75 Å². The van der Waals surface area contributed by atoms with Crippen molar-refractivity contribution >= 4 is 21.6 Å². The molecule has 1 amide bonds. The van der Waals surface area contributed by atoms with Gasteiger partial charge in [-0.1, -0.05) is 6.07 Å². The molecule has 0 aliphatic carbocycles. The van der Waals surface area contributed by atoms with Gasteiger partial charge in [-0.15, -0.1) is 0 Å². The van der Waals surface area contributed by atoms with E-state index in [-0.39, 0.29) is 16.9 Å². The van der Waals surface area contributed by atoms with Gasteiger partial charge < -0.3 is 9.64 Å². The van der Waals surface area contributed by atoms with E-state index in [0.29, 0.717) is 17.0 Å². The molecule has 0 radical (unpaired) electrons. The molecule has 0 bridgehead atoms. The summed E-state index contributed by atoms with van der Waals surface area (Å²) in [6.45, 7) is 5.29. The molecule has 1 aliphatic rings. The maximum atomic E-state index is 12.7. The van der Waals surface area contributed by atoms with Crippen LogP contribution >= 0.6 is 0 Å². The zero-order chi connectivity index (χ0) is 19.4. The maximum absolute atomic E-state index is 12.7. The second kappa shape index (κ2) is 8.00. The Kier molecular flexibility index (Phi) is 5.70. The minimum Gasteiger partial charge on any atom is -0.491 e. The van der Waals surface area contributed by atoms with E-state index in [1.807, 2.05) is 13.8 Å². The van der Waals surface area contributed by atoms with Gasteiger partial charge >= 0.3 is 0 Å². The molecule has 0 atom stereocenters. The average molecular weight is 388 g/mol. The lowest BCUT2D eigenvalue weighted by Gasteiger charge is -2.16. The van der Waals surface area contributed by atoms with E-state index < -0.39 is 10.0 Å². The van der Waals surface area contributed by atoms with Crippen LogP contribution in [0.1, 0.15) is 37.0 Å². The van der Waals surface area contributed by atoms with Crippen molar-refractivity contribution in [2.75, 3.05) is 17.8 Å². The van der Waals surface area contributed by atoms with Crippen molar-refractivity contribution in [3.63, 3.8) is 0 Å². The van der Waals surface area contributed by atoms with Crippen LogP contribution in [0.4, 0.5) is 5.69 Å². The van der Waals surface area contributed by atoms with Gasteiger partial charge in [-0.2, -0.15) is 0 Å². The molecular formula is C20H24N2O4S. The number of carbonyl (C=O) groups is 1. The van der Waals surface area contributed by atoms with E-state index in [0.717, 1.165) is 25.9 Å². The number of likely N-dealkylation sites (tertiary alicyclic amines) is 1. The first kappa shape index (κ1) is 19.2. The smallest absolute Gasteiger partial charge is 0.261 e. The van der Waals surface area contributed by atoms with Crippen molar-refractivity contribution in [1.82, 2.24) is 4.90 Å². The molecule has 1 N–H and O–H groups in total. The van der Waals surface area contributed by atoms with Crippen LogP contribution < -0.4 is 9.46 Å². The van der Waals surface area contributed by atoms with Gasteiger partial charge in [-0.25, -0.2) is 8.42 Å². The Balaban J connectivity index is 1.76. The highest BCUT2D eigenvalue weighted by Gasteiger charge is 2.22. The minimum atomic E-state index is -3.79. The van der Waals surface area contributed by atoms with Crippen LogP contribution in [0.5, 0.6) is 5.75 Å². The number of hydrogen-bond acceptors (Lipinski definition) is 4. The Morgan fingerprint density at radius 2 is 1.74 bits per heavy atom. The normalized spacial score (nSPS) is 14.4. The largest absolute Gasteiger partial charge is 0.491 e. The summed E-state index contributed by atoms with van der Waals surface area (Å²) < 4.78 is 33.5. The van der Waals surface area contributed by atoms with Crippen LogP contribution in [-0.2, 0) is 10.0 Å². The molecule has 27 heavy (non-hydrogen) atoms. The molecule has 2 aromatic carbocycles. The second-order valence-electron chi connectivity index (χ2n) is 6.82. The van der Waals surface area contributed by atoms with Crippen LogP contribution in [0, 0.1) is 0 Å². The van der Waals surface area contributed by atoms with Gasteiger partial charge in [0.15, 0.2) is 0 Å². The van der Waals surface area contributed by atoms with Crippen molar-refractivity contribution < 1.29 is 17.9 Å². The van der Waals surface area contributed by atoms with Gasteiger partial charge in [0.25, 0.3) is 15.9 Å². The fraction of sp³-hybridized carbons (Fsp3) is 0.350. The van der Waals surface area contributed by atoms with E-state index in [9.17, 15) is 13.2 Å². The summed E-state index contributed by atoms with van der Waals surface area (Å²) in [5, 5.41) is 0. The van der Waals surface area contributed by atoms with Gasteiger partial charge in [-0.3, -0.25) is 9.52 Å². The maximum Gasteiger partial charge on any atom is 0.261 e. The Labute approximate surface area is 160 Å². The molecular weight excluding hydrogens is 364 g/mol. The molecule has 6 nitrogen and oxygen atoms in total. The number of benzene rings is 2. The van der Waals surface area contributed by atoms with E-state index >= 15 is 0 Å². The Bertz CT molecular complexity index is 902. The van der Waals surface area contributed by atoms with Crippen molar-refractivity contribution in [3.05, 3.63) is 54.1 Å². The van der Waals surface area contributed by atoms with E-state index in [1.54, 1.807) is 41.3 Å². The highest BCUT2D eigenvalue weighted by atomic mass is 32.2. The highest BCUT2D eigenvalue weighted by Crippen LogP contribution is 2.22. The number of amides is 1. The van der Waals surface area contributed by atoms with Gasteiger partial charge in [0.2, 0.25) is 0 Å². The Hall–Kier alpha value is -2.54. The van der Waals surface area contributed by atoms with Crippen LogP contribution in [0.25, 0.3) is 0 Å². The summed E-state index contributed by atoms with van der Waals surface area (Å²) in [5.74, 6) is 0.547. The molecule has 144 valence electrons. The predicted molar refractivity (Wildman–Crippen MR) is 105 cm³/mol. The topological polar surface area (TPSA) is 75.7 Å². The summed E-state index contributed by atoms with van der Waals surface area (Å²) in [5.41, 5.74) is 0.822. The predicted octanol–water partition coefficient (Wildman–Crippen LogP) is 3.51.